The van der Waals surface area contributed by atoms with Crippen LogP contribution >= 0.6 is 27.3 Å². The van der Waals surface area contributed by atoms with Gasteiger partial charge < -0.3 is 5.32 Å². The number of rotatable bonds is 4. The van der Waals surface area contributed by atoms with Crippen molar-refractivity contribution in [2.24, 2.45) is 0 Å². The maximum absolute atomic E-state index is 12.3. The minimum absolute atomic E-state index is 0.307. The van der Waals surface area contributed by atoms with Crippen LogP contribution in [0.15, 0.2) is 39.0 Å². The zero-order valence-electron chi connectivity index (χ0n) is 10.5. The molecular formula is C13H13BrN2O2S2. The van der Waals surface area contributed by atoms with Crippen molar-refractivity contribution in [3.05, 3.63) is 44.6 Å². The number of nitrogens with one attached hydrogen (secondary N) is 2. The van der Waals surface area contributed by atoms with E-state index in [4.69, 9.17) is 0 Å². The van der Waals surface area contributed by atoms with Crippen LogP contribution in [0.1, 0.15) is 10.4 Å². The normalized spacial score (nSPS) is 14.1. The summed E-state index contributed by atoms with van der Waals surface area (Å²) in [4.78, 5) is 1.28. The lowest BCUT2D eigenvalue weighted by atomic mass is 10.2. The van der Waals surface area contributed by atoms with Gasteiger partial charge in [-0.25, -0.2) is 13.1 Å². The minimum Gasteiger partial charge on any atom is -0.384 e. The summed E-state index contributed by atoms with van der Waals surface area (Å²) in [6, 6.07) is 7.16. The Morgan fingerprint density at radius 3 is 2.95 bits per heavy atom. The third kappa shape index (κ3) is 2.90. The first kappa shape index (κ1) is 14.1. The number of benzene rings is 1. The molecule has 106 valence electrons. The van der Waals surface area contributed by atoms with Crippen molar-refractivity contribution in [1.82, 2.24) is 4.72 Å². The first-order chi connectivity index (χ1) is 9.54. The van der Waals surface area contributed by atoms with Crippen molar-refractivity contribution in [3.63, 3.8) is 0 Å². The molecule has 2 aromatic rings. The van der Waals surface area contributed by atoms with Gasteiger partial charge in [0.25, 0.3) is 0 Å². The molecule has 2 N–H and O–H groups in total. The van der Waals surface area contributed by atoms with Gasteiger partial charge in [0.15, 0.2) is 0 Å². The zero-order valence-corrected chi connectivity index (χ0v) is 13.7. The fourth-order valence-corrected chi connectivity index (χ4v) is 4.65. The van der Waals surface area contributed by atoms with E-state index < -0.39 is 10.0 Å². The van der Waals surface area contributed by atoms with Crippen LogP contribution in [0.5, 0.6) is 0 Å². The molecule has 0 unspecified atom stereocenters. The number of sulfonamides is 1. The first-order valence-corrected chi connectivity index (χ1v) is 9.29. The highest BCUT2D eigenvalue weighted by molar-refractivity contribution is 9.10. The van der Waals surface area contributed by atoms with Crippen LogP contribution in [0.3, 0.4) is 0 Å². The van der Waals surface area contributed by atoms with Crippen LogP contribution in [0.4, 0.5) is 5.69 Å². The highest BCUT2D eigenvalue weighted by Gasteiger charge is 2.18. The lowest BCUT2D eigenvalue weighted by Gasteiger charge is -2.07. The van der Waals surface area contributed by atoms with E-state index in [1.165, 1.54) is 16.9 Å². The van der Waals surface area contributed by atoms with Crippen molar-refractivity contribution < 1.29 is 8.42 Å². The largest absolute Gasteiger partial charge is 0.384 e. The smallest absolute Gasteiger partial charge is 0.240 e. The molecule has 0 spiro atoms. The Morgan fingerprint density at radius 2 is 2.20 bits per heavy atom. The molecule has 0 aliphatic carbocycles. The van der Waals surface area contributed by atoms with Crippen molar-refractivity contribution in [2.75, 3.05) is 11.9 Å². The molecule has 3 rings (SSSR count). The number of fused-ring (bicyclic) bond motifs is 1. The van der Waals surface area contributed by atoms with Gasteiger partial charge in [-0.1, -0.05) is 6.07 Å². The molecule has 1 aliphatic rings. The van der Waals surface area contributed by atoms with E-state index in [2.05, 4.69) is 26.0 Å². The average molecular weight is 373 g/mol. The number of hydrogen-bond donors (Lipinski definition) is 2. The summed E-state index contributed by atoms with van der Waals surface area (Å²) in [5, 5.41) is 5.13. The molecule has 0 atom stereocenters. The molecule has 0 bridgehead atoms. The summed E-state index contributed by atoms with van der Waals surface area (Å²) in [7, 11) is -3.47. The Hall–Kier alpha value is -0.890. The molecule has 1 aromatic heterocycles. The van der Waals surface area contributed by atoms with Gasteiger partial charge in [-0.2, -0.15) is 0 Å². The molecule has 0 fully saturated rings. The fraction of sp³-hybridized carbons (Fsp3) is 0.231. The first-order valence-electron chi connectivity index (χ1n) is 6.14. The van der Waals surface area contributed by atoms with E-state index in [0.29, 0.717) is 11.4 Å². The van der Waals surface area contributed by atoms with E-state index >= 15 is 0 Å². The van der Waals surface area contributed by atoms with Gasteiger partial charge in [0.1, 0.15) is 0 Å². The van der Waals surface area contributed by atoms with Gasteiger partial charge in [0, 0.05) is 33.5 Å². The second kappa shape index (κ2) is 5.48. The van der Waals surface area contributed by atoms with E-state index in [1.807, 2.05) is 17.5 Å². The predicted molar refractivity (Wildman–Crippen MR) is 84.7 cm³/mol. The SMILES string of the molecule is O=S(=O)(NCc1cc(Br)cs1)c1ccc2c(c1)NCC2. The molecule has 20 heavy (non-hydrogen) atoms. The van der Waals surface area contributed by atoms with Crippen molar-refractivity contribution in [3.8, 4) is 0 Å². The van der Waals surface area contributed by atoms with Gasteiger partial charge in [0.2, 0.25) is 10.0 Å². The molecule has 0 radical (unpaired) electrons. The fourth-order valence-electron chi connectivity index (χ4n) is 2.13. The molecule has 0 amide bonds. The summed E-state index contributed by atoms with van der Waals surface area (Å²) in [6.07, 6.45) is 0.951. The van der Waals surface area contributed by atoms with E-state index in [9.17, 15) is 8.42 Å². The lowest BCUT2D eigenvalue weighted by molar-refractivity contribution is 0.582. The Balaban J connectivity index is 1.78. The molecule has 7 heteroatoms. The standard InChI is InChI=1S/C13H13BrN2O2S2/c14-10-5-11(19-8-10)7-16-20(17,18)12-2-1-9-3-4-15-13(9)6-12/h1-2,5-6,8,15-16H,3-4,7H2. The Bertz CT molecular complexity index is 741. The second-order valence-corrected chi connectivity index (χ2v) is 8.23. The quantitative estimate of drug-likeness (QED) is 0.867. The van der Waals surface area contributed by atoms with Crippen LogP contribution in [0.25, 0.3) is 0 Å². The van der Waals surface area contributed by atoms with Gasteiger partial charge in [-0.05, 0) is 46.1 Å². The summed E-state index contributed by atoms with van der Waals surface area (Å²) in [5.41, 5.74) is 2.10. The van der Waals surface area contributed by atoms with Crippen LogP contribution in [0.2, 0.25) is 0 Å². The monoisotopic (exact) mass is 372 g/mol. The summed E-state index contributed by atoms with van der Waals surface area (Å²) in [5.74, 6) is 0. The molecule has 1 aromatic carbocycles. The van der Waals surface area contributed by atoms with Gasteiger partial charge >= 0.3 is 0 Å². The summed E-state index contributed by atoms with van der Waals surface area (Å²) in [6.45, 7) is 1.18. The van der Waals surface area contributed by atoms with E-state index in [0.717, 1.165) is 28.0 Å². The Labute approximate surface area is 130 Å². The maximum Gasteiger partial charge on any atom is 0.240 e. The molecule has 2 heterocycles. The van der Waals surface area contributed by atoms with Gasteiger partial charge in [-0.15, -0.1) is 11.3 Å². The van der Waals surface area contributed by atoms with Crippen molar-refractivity contribution >= 4 is 43.0 Å². The topological polar surface area (TPSA) is 58.2 Å². The molecule has 1 aliphatic heterocycles. The van der Waals surface area contributed by atoms with Crippen molar-refractivity contribution in [2.45, 2.75) is 17.9 Å². The number of hydrogen-bond acceptors (Lipinski definition) is 4. The lowest BCUT2D eigenvalue weighted by Crippen LogP contribution is -2.22. The number of anilines is 1. The number of halogens is 1. The number of thiophene rings is 1. The van der Waals surface area contributed by atoms with Gasteiger partial charge in [-0.3, -0.25) is 0 Å². The molecule has 4 nitrogen and oxygen atoms in total. The predicted octanol–water partition coefficient (Wildman–Crippen LogP) is 2.96. The molecule has 0 saturated carbocycles. The average Bonchev–Trinajstić information content (AvgIpc) is 3.04. The van der Waals surface area contributed by atoms with E-state index in [-0.39, 0.29) is 0 Å². The highest BCUT2D eigenvalue weighted by atomic mass is 79.9. The molecule has 0 saturated heterocycles. The minimum atomic E-state index is -3.47. The Kier molecular flexibility index (Phi) is 3.85. The van der Waals surface area contributed by atoms with Crippen LogP contribution in [0, 0.1) is 0 Å². The van der Waals surface area contributed by atoms with Crippen LogP contribution < -0.4 is 10.0 Å². The van der Waals surface area contributed by atoms with Crippen LogP contribution in [-0.4, -0.2) is 15.0 Å². The second-order valence-electron chi connectivity index (χ2n) is 4.55. The van der Waals surface area contributed by atoms with Gasteiger partial charge in [0.05, 0.1) is 4.90 Å². The van der Waals surface area contributed by atoms with Crippen LogP contribution in [-0.2, 0) is 23.0 Å². The third-order valence-corrected chi connectivity index (χ3v) is 6.26. The highest BCUT2D eigenvalue weighted by Crippen LogP contribution is 2.25. The summed E-state index contributed by atoms with van der Waals surface area (Å²) < 4.78 is 28.1. The van der Waals surface area contributed by atoms with E-state index in [1.54, 1.807) is 12.1 Å². The maximum atomic E-state index is 12.3. The van der Waals surface area contributed by atoms with Crippen molar-refractivity contribution in [1.29, 1.82) is 0 Å². The molecular weight excluding hydrogens is 360 g/mol. The third-order valence-electron chi connectivity index (χ3n) is 3.16. The Morgan fingerprint density at radius 1 is 1.35 bits per heavy atom. The summed E-state index contributed by atoms with van der Waals surface area (Å²) >= 11 is 4.88. The zero-order chi connectivity index (χ0) is 14.2.